The first-order valence-corrected chi connectivity index (χ1v) is 8.42. The van der Waals surface area contributed by atoms with Gasteiger partial charge in [-0.1, -0.05) is 24.3 Å². The number of amides is 1. The Hall–Kier alpha value is -3.52. The van der Waals surface area contributed by atoms with E-state index in [0.29, 0.717) is 12.0 Å². The second kappa shape index (κ2) is 6.08. The van der Waals surface area contributed by atoms with Crippen molar-refractivity contribution in [2.24, 2.45) is 7.05 Å². The van der Waals surface area contributed by atoms with E-state index in [1.54, 1.807) is 6.08 Å². The minimum Gasteiger partial charge on any atom is -0.376 e. The first-order chi connectivity index (χ1) is 12.6. The van der Waals surface area contributed by atoms with Crippen LogP contribution in [0.15, 0.2) is 55.1 Å². The van der Waals surface area contributed by atoms with Crippen LogP contribution in [0.5, 0.6) is 0 Å². The predicted octanol–water partition coefficient (Wildman–Crippen LogP) is 4.03. The lowest BCUT2D eigenvalue weighted by Gasteiger charge is -2.17. The Morgan fingerprint density at radius 3 is 2.92 bits per heavy atom. The zero-order valence-corrected chi connectivity index (χ0v) is 14.4. The van der Waals surface area contributed by atoms with E-state index in [9.17, 15) is 4.79 Å². The Bertz CT molecular complexity index is 1090. The summed E-state index contributed by atoms with van der Waals surface area (Å²) in [7, 11) is 1.98. The van der Waals surface area contributed by atoms with Gasteiger partial charge in [0, 0.05) is 23.5 Å². The Labute approximate surface area is 151 Å². The highest BCUT2D eigenvalue weighted by Gasteiger charge is 2.22. The number of anilines is 2. The molecule has 1 amide bonds. The topological polar surface area (TPSA) is 69.8 Å². The minimum absolute atomic E-state index is 0.0333. The molecule has 3 aromatic rings. The van der Waals surface area contributed by atoms with E-state index in [4.69, 9.17) is 5.26 Å². The summed E-state index contributed by atoms with van der Waals surface area (Å²) >= 11 is 0. The number of hydrogen-bond donors (Lipinski definition) is 2. The highest BCUT2D eigenvalue weighted by molar-refractivity contribution is 6.01. The number of carbonyl (C=O) groups excluding carboxylic acids is 1. The molecule has 0 saturated carbocycles. The number of aryl methyl sites for hydroxylation is 1. The highest BCUT2D eigenvalue weighted by atomic mass is 16.1. The summed E-state index contributed by atoms with van der Waals surface area (Å²) in [5, 5.41) is 16.6. The van der Waals surface area contributed by atoms with Gasteiger partial charge in [-0.05, 0) is 24.3 Å². The van der Waals surface area contributed by atoms with Crippen molar-refractivity contribution in [3.05, 3.63) is 60.7 Å². The van der Waals surface area contributed by atoms with Crippen LogP contribution in [0.3, 0.4) is 0 Å². The van der Waals surface area contributed by atoms with Crippen molar-refractivity contribution in [2.45, 2.75) is 12.5 Å². The molecule has 1 atom stereocenters. The smallest absolute Gasteiger partial charge is 0.226 e. The summed E-state index contributed by atoms with van der Waals surface area (Å²) in [6.45, 7) is 3.83. The SMILES string of the molecule is C=C[C@@H]1CC(=O)Nc2cccc(-c3cc4ccc(C#N)cc4n3C)c2N1. The molecule has 1 aliphatic rings. The lowest BCUT2D eigenvalue weighted by molar-refractivity contribution is -0.116. The van der Waals surface area contributed by atoms with Crippen molar-refractivity contribution >= 4 is 28.2 Å². The second-order valence-electron chi connectivity index (χ2n) is 6.44. The van der Waals surface area contributed by atoms with Gasteiger partial charge in [-0.15, -0.1) is 6.58 Å². The molecule has 128 valence electrons. The molecule has 0 radical (unpaired) electrons. The largest absolute Gasteiger partial charge is 0.376 e. The van der Waals surface area contributed by atoms with Gasteiger partial charge in [0.15, 0.2) is 0 Å². The second-order valence-corrected chi connectivity index (χ2v) is 6.44. The molecule has 0 saturated heterocycles. The molecule has 1 aliphatic heterocycles. The van der Waals surface area contributed by atoms with Crippen LogP contribution < -0.4 is 10.6 Å². The fraction of sp³-hybridized carbons (Fsp3) is 0.143. The number of nitrogens with zero attached hydrogens (tertiary/aromatic N) is 2. The Morgan fingerprint density at radius 1 is 1.31 bits per heavy atom. The van der Waals surface area contributed by atoms with Crippen molar-refractivity contribution < 1.29 is 4.79 Å². The van der Waals surface area contributed by atoms with E-state index in [1.165, 1.54) is 0 Å². The van der Waals surface area contributed by atoms with Crippen molar-refractivity contribution in [2.75, 3.05) is 10.6 Å². The Balaban J connectivity index is 1.92. The van der Waals surface area contributed by atoms with E-state index >= 15 is 0 Å². The van der Waals surface area contributed by atoms with E-state index in [1.807, 2.05) is 43.4 Å². The van der Waals surface area contributed by atoms with E-state index < -0.39 is 0 Å². The van der Waals surface area contributed by atoms with Crippen LogP contribution in [-0.4, -0.2) is 16.5 Å². The summed E-state index contributed by atoms with van der Waals surface area (Å²) in [5.41, 5.74) is 5.28. The van der Waals surface area contributed by atoms with Gasteiger partial charge in [-0.3, -0.25) is 4.79 Å². The molecule has 4 rings (SSSR count). The van der Waals surface area contributed by atoms with Gasteiger partial charge in [0.2, 0.25) is 5.91 Å². The van der Waals surface area contributed by atoms with Crippen LogP contribution >= 0.6 is 0 Å². The zero-order chi connectivity index (χ0) is 18.3. The third kappa shape index (κ3) is 2.52. The van der Waals surface area contributed by atoms with Crippen LogP contribution in [0.1, 0.15) is 12.0 Å². The molecule has 5 heteroatoms. The number of nitriles is 1. The number of nitrogens with one attached hydrogen (secondary N) is 2. The highest BCUT2D eigenvalue weighted by Crippen LogP contribution is 2.38. The van der Waals surface area contributed by atoms with Gasteiger partial charge in [-0.25, -0.2) is 0 Å². The van der Waals surface area contributed by atoms with Gasteiger partial charge in [0.25, 0.3) is 0 Å². The van der Waals surface area contributed by atoms with Gasteiger partial charge >= 0.3 is 0 Å². The fourth-order valence-electron chi connectivity index (χ4n) is 3.46. The molecule has 0 bridgehead atoms. The van der Waals surface area contributed by atoms with E-state index in [-0.39, 0.29) is 11.9 Å². The number of aromatic nitrogens is 1. The molecule has 0 aliphatic carbocycles. The summed E-state index contributed by atoms with van der Waals surface area (Å²) in [6, 6.07) is 15.7. The molecule has 5 nitrogen and oxygen atoms in total. The molecule has 2 heterocycles. The maximum atomic E-state index is 12.1. The molecular formula is C21H18N4O. The van der Waals surface area contributed by atoms with Crippen LogP contribution in [0.2, 0.25) is 0 Å². The number of carbonyl (C=O) groups is 1. The lowest BCUT2D eigenvalue weighted by Crippen LogP contribution is -2.20. The Kier molecular flexibility index (Phi) is 3.74. The average molecular weight is 342 g/mol. The molecule has 0 unspecified atom stereocenters. The van der Waals surface area contributed by atoms with Crippen molar-refractivity contribution in [1.82, 2.24) is 4.57 Å². The van der Waals surface area contributed by atoms with Crippen LogP contribution in [-0.2, 0) is 11.8 Å². The van der Waals surface area contributed by atoms with Crippen molar-refractivity contribution in [1.29, 1.82) is 5.26 Å². The van der Waals surface area contributed by atoms with Crippen molar-refractivity contribution in [3.63, 3.8) is 0 Å². The number of benzene rings is 2. The van der Waals surface area contributed by atoms with Gasteiger partial charge in [0.1, 0.15) is 0 Å². The van der Waals surface area contributed by atoms with E-state index in [2.05, 4.69) is 33.9 Å². The van der Waals surface area contributed by atoms with Gasteiger partial charge in [0.05, 0.1) is 41.2 Å². The predicted molar refractivity (Wildman–Crippen MR) is 104 cm³/mol. The third-order valence-corrected chi connectivity index (χ3v) is 4.81. The number of fused-ring (bicyclic) bond motifs is 2. The molecule has 2 N–H and O–H groups in total. The van der Waals surface area contributed by atoms with Crippen LogP contribution in [0.25, 0.3) is 22.2 Å². The summed E-state index contributed by atoms with van der Waals surface area (Å²) in [5.74, 6) is -0.0333. The Morgan fingerprint density at radius 2 is 2.15 bits per heavy atom. The number of hydrogen-bond acceptors (Lipinski definition) is 3. The third-order valence-electron chi connectivity index (χ3n) is 4.81. The van der Waals surface area contributed by atoms with Crippen LogP contribution in [0, 0.1) is 11.3 Å². The number of para-hydroxylation sites is 1. The normalized spacial score (nSPS) is 16.2. The molecule has 26 heavy (non-hydrogen) atoms. The first kappa shape index (κ1) is 16.0. The monoisotopic (exact) mass is 342 g/mol. The summed E-state index contributed by atoms with van der Waals surface area (Å²) in [6.07, 6.45) is 2.10. The molecule has 1 aromatic heterocycles. The van der Waals surface area contributed by atoms with Gasteiger partial charge < -0.3 is 15.2 Å². The molecule has 0 fully saturated rings. The molecule has 2 aromatic carbocycles. The average Bonchev–Trinajstić information content (AvgIpc) is 2.87. The maximum Gasteiger partial charge on any atom is 0.226 e. The first-order valence-electron chi connectivity index (χ1n) is 8.42. The molecular weight excluding hydrogens is 324 g/mol. The quantitative estimate of drug-likeness (QED) is 0.691. The maximum absolute atomic E-state index is 12.1. The standard InChI is InChI=1S/C21H18N4O/c1-3-15-11-20(26)24-17-6-4-5-16(21(17)23-15)19-10-14-8-7-13(12-22)9-18(14)25(19)2/h3-10,15,23H,1,11H2,2H3,(H,24,26)/t15-/m1/s1. The zero-order valence-electron chi connectivity index (χ0n) is 14.4. The lowest BCUT2D eigenvalue weighted by atomic mass is 10.1. The van der Waals surface area contributed by atoms with Crippen molar-refractivity contribution in [3.8, 4) is 17.3 Å². The molecule has 0 spiro atoms. The summed E-state index contributed by atoms with van der Waals surface area (Å²) in [4.78, 5) is 12.1. The van der Waals surface area contributed by atoms with Crippen LogP contribution in [0.4, 0.5) is 11.4 Å². The summed E-state index contributed by atoms with van der Waals surface area (Å²) < 4.78 is 2.07. The van der Waals surface area contributed by atoms with Gasteiger partial charge in [-0.2, -0.15) is 5.26 Å². The number of rotatable bonds is 2. The van der Waals surface area contributed by atoms with E-state index in [0.717, 1.165) is 33.5 Å². The fourth-order valence-corrected chi connectivity index (χ4v) is 3.46. The minimum atomic E-state index is -0.128.